The molecule has 0 aliphatic carbocycles. The molecule has 4 nitrogen and oxygen atoms in total. The Hall–Kier alpha value is -1.62. The Morgan fingerprint density at radius 1 is 1.31 bits per heavy atom. The summed E-state index contributed by atoms with van der Waals surface area (Å²) in [5.41, 5.74) is 5.14. The Labute approximate surface area is 92.1 Å². The molecule has 0 atom stereocenters. The van der Waals surface area contributed by atoms with Crippen LogP contribution >= 0.6 is 0 Å². The van der Waals surface area contributed by atoms with E-state index in [0.29, 0.717) is 24.7 Å². The molecular formula is C11H12FNO3. The van der Waals surface area contributed by atoms with Gasteiger partial charge in [0.25, 0.3) is 0 Å². The number of ketones is 1. The Bertz CT molecular complexity index is 420. The molecule has 2 rings (SSSR count). The molecule has 0 saturated heterocycles. The molecule has 0 spiro atoms. The summed E-state index contributed by atoms with van der Waals surface area (Å²) >= 11 is 0. The maximum absolute atomic E-state index is 13.5. The van der Waals surface area contributed by atoms with Crippen LogP contribution in [0.15, 0.2) is 12.1 Å². The first-order chi connectivity index (χ1) is 7.72. The highest BCUT2D eigenvalue weighted by atomic mass is 19.1. The van der Waals surface area contributed by atoms with Gasteiger partial charge in [0.2, 0.25) is 0 Å². The molecule has 1 heterocycles. The van der Waals surface area contributed by atoms with Gasteiger partial charge in [-0.15, -0.1) is 0 Å². The van der Waals surface area contributed by atoms with Crippen LogP contribution < -0.4 is 15.2 Å². The van der Waals surface area contributed by atoms with Gasteiger partial charge in [-0.25, -0.2) is 4.39 Å². The molecule has 5 heteroatoms. The summed E-state index contributed by atoms with van der Waals surface area (Å²) < 4.78 is 24.2. The predicted molar refractivity (Wildman–Crippen MR) is 55.4 cm³/mol. The fraction of sp³-hybridized carbons (Fsp3) is 0.364. The largest absolute Gasteiger partial charge is 0.490 e. The van der Waals surface area contributed by atoms with Crippen LogP contribution in [0.4, 0.5) is 4.39 Å². The summed E-state index contributed by atoms with van der Waals surface area (Å²) in [5.74, 6) is -0.341. The SMILES string of the molecule is NCC(=O)c1cc2c(cc1F)OCCCO2. The van der Waals surface area contributed by atoms with Gasteiger partial charge in [0.15, 0.2) is 17.3 Å². The number of rotatable bonds is 2. The topological polar surface area (TPSA) is 61.6 Å². The van der Waals surface area contributed by atoms with Crippen LogP contribution in [0.3, 0.4) is 0 Å². The highest BCUT2D eigenvalue weighted by molar-refractivity contribution is 5.98. The molecule has 1 aromatic rings. The summed E-state index contributed by atoms with van der Waals surface area (Å²) in [6, 6.07) is 2.52. The molecule has 2 N–H and O–H groups in total. The van der Waals surface area contributed by atoms with Crippen molar-refractivity contribution in [1.82, 2.24) is 0 Å². The molecule has 1 aliphatic rings. The fourth-order valence-electron chi connectivity index (χ4n) is 1.51. The smallest absolute Gasteiger partial charge is 0.179 e. The summed E-state index contributed by atoms with van der Waals surface area (Å²) in [4.78, 5) is 11.3. The van der Waals surface area contributed by atoms with Gasteiger partial charge in [0.05, 0.1) is 25.3 Å². The summed E-state index contributed by atoms with van der Waals surface area (Å²) in [6.07, 6.45) is 0.733. The van der Waals surface area contributed by atoms with Gasteiger partial charge < -0.3 is 15.2 Å². The van der Waals surface area contributed by atoms with E-state index in [9.17, 15) is 9.18 Å². The first-order valence-corrected chi connectivity index (χ1v) is 5.05. The van der Waals surface area contributed by atoms with Crippen molar-refractivity contribution >= 4 is 5.78 Å². The number of carbonyl (C=O) groups excluding carboxylic acids is 1. The van der Waals surface area contributed by atoms with E-state index in [0.717, 1.165) is 6.42 Å². The first kappa shape index (κ1) is 10.9. The summed E-state index contributed by atoms with van der Waals surface area (Å²) in [7, 11) is 0. The molecule has 0 bridgehead atoms. The number of benzene rings is 1. The lowest BCUT2D eigenvalue weighted by molar-refractivity contribution is 0.0997. The van der Waals surface area contributed by atoms with Crippen molar-refractivity contribution in [2.24, 2.45) is 5.73 Å². The summed E-state index contributed by atoms with van der Waals surface area (Å²) in [5, 5.41) is 0. The van der Waals surface area contributed by atoms with Gasteiger partial charge in [0.1, 0.15) is 5.82 Å². The van der Waals surface area contributed by atoms with Crippen LogP contribution in [0.5, 0.6) is 11.5 Å². The highest BCUT2D eigenvalue weighted by Crippen LogP contribution is 2.32. The molecule has 0 aromatic heterocycles. The van der Waals surface area contributed by atoms with E-state index >= 15 is 0 Å². The van der Waals surface area contributed by atoms with E-state index in [1.54, 1.807) is 0 Å². The van der Waals surface area contributed by atoms with Crippen molar-refractivity contribution in [3.63, 3.8) is 0 Å². The second-order valence-corrected chi connectivity index (χ2v) is 3.46. The average molecular weight is 225 g/mol. The van der Waals surface area contributed by atoms with Crippen LogP contribution in [0.25, 0.3) is 0 Å². The number of carbonyl (C=O) groups is 1. The van der Waals surface area contributed by atoms with E-state index in [-0.39, 0.29) is 12.1 Å². The minimum Gasteiger partial charge on any atom is -0.490 e. The monoisotopic (exact) mass is 225 g/mol. The van der Waals surface area contributed by atoms with Crippen molar-refractivity contribution < 1.29 is 18.7 Å². The van der Waals surface area contributed by atoms with Gasteiger partial charge in [-0.1, -0.05) is 0 Å². The Morgan fingerprint density at radius 2 is 1.94 bits per heavy atom. The molecule has 0 amide bonds. The van der Waals surface area contributed by atoms with Gasteiger partial charge in [-0.05, 0) is 6.07 Å². The van der Waals surface area contributed by atoms with Gasteiger partial charge in [-0.3, -0.25) is 4.79 Å². The van der Waals surface area contributed by atoms with Crippen LogP contribution in [0.1, 0.15) is 16.8 Å². The molecule has 0 unspecified atom stereocenters. The zero-order valence-corrected chi connectivity index (χ0v) is 8.66. The first-order valence-electron chi connectivity index (χ1n) is 5.05. The maximum Gasteiger partial charge on any atom is 0.179 e. The van der Waals surface area contributed by atoms with E-state index in [2.05, 4.69) is 0 Å². The fourth-order valence-corrected chi connectivity index (χ4v) is 1.51. The number of nitrogens with two attached hydrogens (primary N) is 1. The van der Waals surface area contributed by atoms with E-state index in [4.69, 9.17) is 15.2 Å². The second-order valence-electron chi connectivity index (χ2n) is 3.46. The van der Waals surface area contributed by atoms with E-state index in [1.165, 1.54) is 12.1 Å². The third-order valence-electron chi connectivity index (χ3n) is 2.32. The number of fused-ring (bicyclic) bond motifs is 1. The molecule has 0 saturated carbocycles. The molecule has 1 aromatic carbocycles. The second kappa shape index (κ2) is 4.49. The van der Waals surface area contributed by atoms with Crippen LogP contribution in [-0.2, 0) is 0 Å². The lowest BCUT2D eigenvalue weighted by atomic mass is 10.1. The van der Waals surface area contributed by atoms with Gasteiger partial charge in [0, 0.05) is 12.5 Å². The highest BCUT2D eigenvalue weighted by Gasteiger charge is 2.18. The standard InChI is InChI=1S/C11H12FNO3/c12-8-5-11-10(15-2-1-3-16-11)4-7(8)9(14)6-13/h4-5H,1-3,6,13H2. The van der Waals surface area contributed by atoms with Gasteiger partial charge in [-0.2, -0.15) is 0 Å². The predicted octanol–water partition coefficient (Wildman–Crippen LogP) is 1.13. The Kier molecular flexibility index (Phi) is 3.05. The van der Waals surface area contributed by atoms with Crippen LogP contribution in [-0.4, -0.2) is 25.5 Å². The molecule has 1 aliphatic heterocycles. The third-order valence-corrected chi connectivity index (χ3v) is 2.32. The van der Waals surface area contributed by atoms with Crippen molar-refractivity contribution in [3.8, 4) is 11.5 Å². The van der Waals surface area contributed by atoms with Crippen molar-refractivity contribution in [2.75, 3.05) is 19.8 Å². The number of ether oxygens (including phenoxy) is 2. The van der Waals surface area contributed by atoms with Crippen molar-refractivity contribution in [3.05, 3.63) is 23.5 Å². The van der Waals surface area contributed by atoms with Crippen LogP contribution in [0.2, 0.25) is 0 Å². The minimum atomic E-state index is -0.625. The maximum atomic E-state index is 13.5. The van der Waals surface area contributed by atoms with Crippen LogP contribution in [0, 0.1) is 5.82 Å². The number of hydrogen-bond donors (Lipinski definition) is 1. The van der Waals surface area contributed by atoms with Gasteiger partial charge >= 0.3 is 0 Å². The Morgan fingerprint density at radius 3 is 2.56 bits per heavy atom. The molecular weight excluding hydrogens is 213 g/mol. The lowest BCUT2D eigenvalue weighted by Crippen LogP contribution is -2.15. The van der Waals surface area contributed by atoms with E-state index in [1.807, 2.05) is 0 Å². The third kappa shape index (κ3) is 1.99. The average Bonchev–Trinajstić information content (AvgIpc) is 2.51. The quantitative estimate of drug-likeness (QED) is 0.766. The zero-order chi connectivity index (χ0) is 11.5. The lowest BCUT2D eigenvalue weighted by Gasteiger charge is -2.09. The molecule has 0 radical (unpaired) electrons. The van der Waals surface area contributed by atoms with Crippen molar-refractivity contribution in [2.45, 2.75) is 6.42 Å². The zero-order valence-electron chi connectivity index (χ0n) is 8.66. The van der Waals surface area contributed by atoms with Crippen molar-refractivity contribution in [1.29, 1.82) is 0 Å². The Balaban J connectivity index is 2.42. The summed E-state index contributed by atoms with van der Waals surface area (Å²) in [6.45, 7) is 0.752. The number of Topliss-reactive ketones (excluding diaryl/α,β-unsaturated/α-hetero) is 1. The number of hydrogen-bond acceptors (Lipinski definition) is 4. The van der Waals surface area contributed by atoms with E-state index < -0.39 is 11.6 Å². The molecule has 86 valence electrons. The molecule has 16 heavy (non-hydrogen) atoms. The molecule has 0 fully saturated rings. The number of halogens is 1. The minimum absolute atomic E-state index is 0.0493. The normalized spacial score (nSPS) is 14.4.